The Balaban J connectivity index is 2.31. The van der Waals surface area contributed by atoms with E-state index in [1.165, 1.54) is 0 Å². The number of aromatic amines is 1. The molecule has 0 saturated carbocycles. The Morgan fingerprint density at radius 2 is 2.05 bits per heavy atom. The van der Waals surface area contributed by atoms with Gasteiger partial charge in [-0.15, -0.1) is 0 Å². The van der Waals surface area contributed by atoms with E-state index in [-0.39, 0.29) is 5.56 Å². The smallest absolute Gasteiger partial charge is 0.256 e. The molecule has 3 heterocycles. The molecule has 0 spiro atoms. The normalized spacial score (nSPS) is 10.8. The largest absolute Gasteiger partial charge is 0.321 e. The molecular weight excluding hydrogens is 262 g/mol. The zero-order valence-corrected chi connectivity index (χ0v) is 10.9. The molecule has 0 bridgehead atoms. The van der Waals surface area contributed by atoms with Crippen LogP contribution in [0.1, 0.15) is 5.56 Å². The maximum absolute atomic E-state index is 12.2. The maximum atomic E-state index is 12.2. The van der Waals surface area contributed by atoms with Gasteiger partial charge in [0.15, 0.2) is 0 Å². The van der Waals surface area contributed by atoms with Gasteiger partial charge in [0.05, 0.1) is 5.52 Å². The van der Waals surface area contributed by atoms with Crippen molar-refractivity contribution in [3.05, 3.63) is 57.9 Å². The summed E-state index contributed by atoms with van der Waals surface area (Å²) in [5, 5.41) is 1.19. The Labute approximate surface area is 114 Å². The lowest BCUT2D eigenvalue weighted by atomic mass is 10.0. The number of fused-ring (bicyclic) bond motifs is 1. The van der Waals surface area contributed by atoms with Crippen molar-refractivity contribution in [3.63, 3.8) is 0 Å². The summed E-state index contributed by atoms with van der Waals surface area (Å²) in [6.45, 7) is 1.95. The summed E-state index contributed by atoms with van der Waals surface area (Å²) in [6, 6.07) is 5.32. The number of hydrogen-bond donors (Lipinski definition) is 1. The molecule has 3 aromatic heterocycles. The first kappa shape index (κ1) is 11.9. The Bertz CT molecular complexity index is 826. The van der Waals surface area contributed by atoms with E-state index in [0.717, 1.165) is 16.5 Å². The summed E-state index contributed by atoms with van der Waals surface area (Å²) in [4.78, 5) is 23.1. The van der Waals surface area contributed by atoms with Crippen LogP contribution in [0.25, 0.3) is 22.0 Å². The van der Waals surface area contributed by atoms with Crippen molar-refractivity contribution in [2.75, 3.05) is 0 Å². The molecular formula is C14H10ClN3O. The lowest BCUT2D eigenvalue weighted by Crippen LogP contribution is -2.09. The van der Waals surface area contributed by atoms with Crippen molar-refractivity contribution in [2.45, 2.75) is 6.92 Å². The van der Waals surface area contributed by atoms with Gasteiger partial charge in [-0.25, -0.2) is 4.98 Å². The molecule has 4 nitrogen and oxygen atoms in total. The van der Waals surface area contributed by atoms with Crippen molar-refractivity contribution in [2.24, 2.45) is 0 Å². The van der Waals surface area contributed by atoms with Crippen LogP contribution in [0.4, 0.5) is 0 Å². The molecule has 3 rings (SSSR count). The van der Waals surface area contributed by atoms with E-state index in [9.17, 15) is 4.79 Å². The van der Waals surface area contributed by atoms with Crippen LogP contribution in [0, 0.1) is 6.92 Å². The molecule has 19 heavy (non-hydrogen) atoms. The predicted octanol–water partition coefficient (Wildman–Crippen LogP) is 2.95. The molecule has 94 valence electrons. The van der Waals surface area contributed by atoms with Crippen LogP contribution in [-0.4, -0.2) is 15.0 Å². The molecule has 0 aliphatic carbocycles. The summed E-state index contributed by atoms with van der Waals surface area (Å²) in [5.74, 6) is 0. The molecule has 5 heteroatoms. The average Bonchev–Trinajstić information content (AvgIpc) is 2.39. The van der Waals surface area contributed by atoms with E-state index in [2.05, 4.69) is 15.0 Å². The summed E-state index contributed by atoms with van der Waals surface area (Å²) in [7, 11) is 0. The number of rotatable bonds is 1. The van der Waals surface area contributed by atoms with Crippen LogP contribution < -0.4 is 5.56 Å². The second-order valence-electron chi connectivity index (χ2n) is 4.30. The first-order chi connectivity index (χ1) is 9.15. The molecule has 0 unspecified atom stereocenters. The van der Waals surface area contributed by atoms with Crippen LogP contribution in [0.3, 0.4) is 0 Å². The minimum absolute atomic E-state index is 0.161. The maximum Gasteiger partial charge on any atom is 0.256 e. The highest BCUT2D eigenvalue weighted by molar-refractivity contribution is 6.30. The standard InChI is InChI=1S/C14H10ClN3O/c1-8-2-3-16-7-11(8)10-4-9-6-17-13(15)5-12(9)18-14(10)19/h2-7H,1H3,(H,18,19). The predicted molar refractivity (Wildman–Crippen MR) is 75.3 cm³/mol. The average molecular weight is 272 g/mol. The second kappa shape index (κ2) is 4.48. The quantitative estimate of drug-likeness (QED) is 0.692. The third kappa shape index (κ3) is 2.11. The molecule has 0 radical (unpaired) electrons. The van der Waals surface area contributed by atoms with Crippen LogP contribution in [0.5, 0.6) is 0 Å². The van der Waals surface area contributed by atoms with E-state index >= 15 is 0 Å². The Morgan fingerprint density at radius 3 is 2.84 bits per heavy atom. The Kier molecular flexibility index (Phi) is 2.80. The minimum Gasteiger partial charge on any atom is -0.321 e. The second-order valence-corrected chi connectivity index (χ2v) is 4.68. The van der Waals surface area contributed by atoms with Crippen molar-refractivity contribution < 1.29 is 0 Å². The zero-order chi connectivity index (χ0) is 13.4. The van der Waals surface area contributed by atoms with Gasteiger partial charge in [0.1, 0.15) is 5.15 Å². The first-order valence-corrected chi connectivity index (χ1v) is 6.12. The number of H-pyrrole nitrogens is 1. The number of aryl methyl sites for hydroxylation is 1. The van der Waals surface area contributed by atoms with Gasteiger partial charge in [-0.05, 0) is 30.7 Å². The molecule has 0 aliphatic heterocycles. The Morgan fingerprint density at radius 1 is 1.21 bits per heavy atom. The van der Waals surface area contributed by atoms with Crippen LogP contribution in [0.2, 0.25) is 5.15 Å². The number of halogens is 1. The van der Waals surface area contributed by atoms with Gasteiger partial charge in [-0.3, -0.25) is 9.78 Å². The van der Waals surface area contributed by atoms with Gasteiger partial charge >= 0.3 is 0 Å². The molecule has 0 fully saturated rings. The van der Waals surface area contributed by atoms with Gasteiger partial charge < -0.3 is 4.98 Å². The van der Waals surface area contributed by atoms with Gasteiger partial charge in [0, 0.05) is 35.1 Å². The van der Waals surface area contributed by atoms with Gasteiger partial charge in [-0.2, -0.15) is 0 Å². The lowest BCUT2D eigenvalue weighted by Gasteiger charge is -2.06. The van der Waals surface area contributed by atoms with Crippen molar-refractivity contribution >= 4 is 22.5 Å². The van der Waals surface area contributed by atoms with Crippen molar-refractivity contribution in [1.82, 2.24) is 15.0 Å². The van der Waals surface area contributed by atoms with E-state index in [1.54, 1.807) is 24.7 Å². The molecule has 0 atom stereocenters. The van der Waals surface area contributed by atoms with Crippen LogP contribution in [0.15, 0.2) is 41.6 Å². The monoisotopic (exact) mass is 271 g/mol. The lowest BCUT2D eigenvalue weighted by molar-refractivity contribution is 1.24. The fourth-order valence-corrected chi connectivity index (χ4v) is 2.18. The van der Waals surface area contributed by atoms with E-state index < -0.39 is 0 Å². The minimum atomic E-state index is -0.161. The highest BCUT2D eigenvalue weighted by atomic mass is 35.5. The molecule has 0 amide bonds. The third-order valence-corrected chi connectivity index (χ3v) is 3.23. The summed E-state index contributed by atoms with van der Waals surface area (Å²) < 4.78 is 0. The van der Waals surface area contributed by atoms with Gasteiger partial charge in [0.25, 0.3) is 5.56 Å². The van der Waals surface area contributed by atoms with Crippen molar-refractivity contribution in [1.29, 1.82) is 0 Å². The summed E-state index contributed by atoms with van der Waals surface area (Å²) >= 11 is 5.81. The first-order valence-electron chi connectivity index (χ1n) is 5.75. The Hall–Kier alpha value is -2.20. The highest BCUT2D eigenvalue weighted by Gasteiger charge is 2.08. The van der Waals surface area contributed by atoms with E-state index in [0.29, 0.717) is 16.2 Å². The van der Waals surface area contributed by atoms with Gasteiger partial charge in [-0.1, -0.05) is 11.6 Å². The number of nitrogens with one attached hydrogen (secondary N) is 1. The number of aromatic nitrogens is 3. The number of nitrogens with zero attached hydrogens (tertiary/aromatic N) is 2. The summed E-state index contributed by atoms with van der Waals surface area (Å²) in [5.41, 5.74) is 2.92. The number of hydrogen-bond acceptors (Lipinski definition) is 3. The molecule has 1 N–H and O–H groups in total. The zero-order valence-electron chi connectivity index (χ0n) is 10.1. The fourth-order valence-electron chi connectivity index (χ4n) is 2.02. The molecule has 0 saturated heterocycles. The molecule has 3 aromatic rings. The van der Waals surface area contributed by atoms with Crippen LogP contribution in [-0.2, 0) is 0 Å². The van der Waals surface area contributed by atoms with Crippen LogP contribution >= 0.6 is 11.6 Å². The number of pyridine rings is 3. The summed E-state index contributed by atoms with van der Waals surface area (Å²) in [6.07, 6.45) is 5.04. The molecule has 0 aromatic carbocycles. The van der Waals surface area contributed by atoms with E-state index in [4.69, 9.17) is 11.6 Å². The molecule has 0 aliphatic rings. The third-order valence-electron chi connectivity index (χ3n) is 3.02. The van der Waals surface area contributed by atoms with Crippen molar-refractivity contribution in [3.8, 4) is 11.1 Å². The fraction of sp³-hybridized carbons (Fsp3) is 0.0714. The van der Waals surface area contributed by atoms with E-state index in [1.807, 2.05) is 19.1 Å². The van der Waals surface area contributed by atoms with Gasteiger partial charge in [0.2, 0.25) is 0 Å². The SMILES string of the molecule is Cc1ccncc1-c1cc2cnc(Cl)cc2[nH]c1=O. The highest BCUT2D eigenvalue weighted by Crippen LogP contribution is 2.22. The topological polar surface area (TPSA) is 58.6 Å².